The number of methoxy groups -OCH3 is 1. The van der Waals surface area contributed by atoms with Crippen LogP contribution in [0.25, 0.3) is 33.7 Å². The van der Waals surface area contributed by atoms with Crippen molar-refractivity contribution < 1.29 is 14.3 Å². The fraction of sp³-hybridized carbons (Fsp3) is 0.190. The summed E-state index contributed by atoms with van der Waals surface area (Å²) in [5.74, 6) is 0.669. The summed E-state index contributed by atoms with van der Waals surface area (Å²) in [6, 6.07) is 13.3. The molecule has 0 radical (unpaired) electrons. The Bertz CT molecular complexity index is 1260. The first kappa shape index (κ1) is 19.3. The number of nitrogens with one attached hydrogen (secondary N) is 2. The molecule has 0 bridgehead atoms. The van der Waals surface area contributed by atoms with Crippen molar-refractivity contribution in [2.75, 3.05) is 13.7 Å². The predicted octanol–water partition coefficient (Wildman–Crippen LogP) is 2.49. The van der Waals surface area contributed by atoms with Gasteiger partial charge >= 0.3 is 5.97 Å². The van der Waals surface area contributed by atoms with E-state index >= 15 is 0 Å². The summed E-state index contributed by atoms with van der Waals surface area (Å²) in [7, 11) is 1.37. The Balaban J connectivity index is 1.71. The van der Waals surface area contributed by atoms with Crippen LogP contribution in [0.4, 0.5) is 0 Å². The van der Waals surface area contributed by atoms with Crippen molar-refractivity contribution in [3.05, 3.63) is 58.4 Å². The Morgan fingerprint density at radius 3 is 2.60 bits per heavy atom. The SMILES string of the molecule is CCOc1cc(-c2ccc(CC(=O)OC)cc2)ccc1-c1nc2[nH]nnc2c(=O)[nH]1. The van der Waals surface area contributed by atoms with E-state index < -0.39 is 0 Å². The molecule has 0 fully saturated rings. The third-order valence-electron chi connectivity index (χ3n) is 4.60. The van der Waals surface area contributed by atoms with E-state index in [9.17, 15) is 9.59 Å². The fourth-order valence-corrected chi connectivity index (χ4v) is 3.11. The first-order valence-corrected chi connectivity index (χ1v) is 9.33. The minimum Gasteiger partial charge on any atom is -0.493 e. The van der Waals surface area contributed by atoms with Crippen LogP contribution in [0, 0.1) is 0 Å². The molecule has 0 aliphatic carbocycles. The summed E-state index contributed by atoms with van der Waals surface area (Å²) < 4.78 is 10.5. The molecule has 0 aliphatic rings. The summed E-state index contributed by atoms with van der Waals surface area (Å²) in [5, 5.41) is 9.96. The van der Waals surface area contributed by atoms with Crippen molar-refractivity contribution in [1.29, 1.82) is 0 Å². The van der Waals surface area contributed by atoms with Crippen LogP contribution in [0.3, 0.4) is 0 Å². The highest BCUT2D eigenvalue weighted by molar-refractivity contribution is 5.77. The van der Waals surface area contributed by atoms with Gasteiger partial charge in [0.05, 0.1) is 25.7 Å². The van der Waals surface area contributed by atoms with E-state index in [4.69, 9.17) is 9.47 Å². The summed E-state index contributed by atoms with van der Waals surface area (Å²) in [6.45, 7) is 2.34. The summed E-state index contributed by atoms with van der Waals surface area (Å²) >= 11 is 0. The highest BCUT2D eigenvalue weighted by Crippen LogP contribution is 2.33. The van der Waals surface area contributed by atoms with Crippen LogP contribution in [0.15, 0.2) is 47.3 Å². The number of hydrogen-bond donors (Lipinski definition) is 2. The molecule has 152 valence electrons. The van der Waals surface area contributed by atoms with Gasteiger partial charge in [-0.3, -0.25) is 9.59 Å². The molecular formula is C21H19N5O4. The molecule has 0 saturated carbocycles. The quantitative estimate of drug-likeness (QED) is 0.472. The van der Waals surface area contributed by atoms with E-state index in [1.54, 1.807) is 0 Å². The third kappa shape index (κ3) is 3.77. The van der Waals surface area contributed by atoms with Crippen molar-refractivity contribution in [2.45, 2.75) is 13.3 Å². The van der Waals surface area contributed by atoms with E-state index in [1.807, 2.05) is 49.4 Å². The average Bonchev–Trinajstić information content (AvgIpc) is 3.24. The zero-order valence-electron chi connectivity index (χ0n) is 16.4. The highest BCUT2D eigenvalue weighted by Gasteiger charge is 2.14. The first-order valence-electron chi connectivity index (χ1n) is 9.33. The Morgan fingerprint density at radius 1 is 1.10 bits per heavy atom. The Labute approximate surface area is 171 Å². The molecular weight excluding hydrogens is 386 g/mol. The number of H-pyrrole nitrogens is 2. The van der Waals surface area contributed by atoms with Gasteiger partial charge in [-0.2, -0.15) is 0 Å². The van der Waals surface area contributed by atoms with Crippen molar-refractivity contribution in [1.82, 2.24) is 25.4 Å². The molecule has 0 aliphatic heterocycles. The second kappa shape index (κ2) is 8.16. The molecule has 2 N–H and O–H groups in total. The molecule has 0 saturated heterocycles. The molecule has 30 heavy (non-hydrogen) atoms. The normalized spacial score (nSPS) is 10.9. The smallest absolute Gasteiger partial charge is 0.309 e. The van der Waals surface area contributed by atoms with E-state index in [1.165, 1.54) is 7.11 Å². The van der Waals surface area contributed by atoms with Crippen molar-refractivity contribution in [3.8, 4) is 28.3 Å². The van der Waals surface area contributed by atoms with Gasteiger partial charge < -0.3 is 14.5 Å². The van der Waals surface area contributed by atoms with E-state index in [0.29, 0.717) is 29.4 Å². The first-order chi connectivity index (χ1) is 14.6. The zero-order valence-corrected chi connectivity index (χ0v) is 16.4. The number of fused-ring (bicyclic) bond motifs is 1. The standard InChI is InChI=1S/C21H19N5O4/c1-3-30-16-11-14(13-6-4-12(5-7-13)10-17(27)29-2)8-9-15(16)19-22-20-18(21(28)23-19)24-26-25-20/h4-9,11H,3,10H2,1-2H3,(H2,22,23,24,25,26,28). The van der Waals surface area contributed by atoms with Gasteiger partial charge in [-0.1, -0.05) is 35.5 Å². The Kier molecular flexibility index (Phi) is 5.25. The second-order valence-electron chi connectivity index (χ2n) is 6.52. The molecule has 0 atom stereocenters. The van der Waals surface area contributed by atoms with Gasteiger partial charge in [0.25, 0.3) is 5.56 Å². The number of aromatic amines is 2. The van der Waals surface area contributed by atoms with Gasteiger partial charge in [-0.15, -0.1) is 5.10 Å². The van der Waals surface area contributed by atoms with Crippen LogP contribution < -0.4 is 10.3 Å². The number of aromatic nitrogens is 5. The number of ether oxygens (including phenoxy) is 2. The minimum absolute atomic E-state index is 0.153. The summed E-state index contributed by atoms with van der Waals surface area (Å²) in [5.41, 5.74) is 3.49. The van der Waals surface area contributed by atoms with Crippen LogP contribution in [-0.2, 0) is 16.0 Å². The molecule has 2 aromatic heterocycles. The lowest BCUT2D eigenvalue weighted by Gasteiger charge is -2.12. The molecule has 4 rings (SSSR count). The molecule has 0 unspecified atom stereocenters. The van der Waals surface area contributed by atoms with Crippen molar-refractivity contribution in [3.63, 3.8) is 0 Å². The number of nitrogens with zero attached hydrogens (tertiary/aromatic N) is 3. The Hall–Kier alpha value is -4.01. The molecule has 4 aromatic rings. The number of carbonyl (C=O) groups excluding carboxylic acids is 1. The fourth-order valence-electron chi connectivity index (χ4n) is 3.11. The van der Waals surface area contributed by atoms with Crippen LogP contribution >= 0.6 is 0 Å². The van der Waals surface area contributed by atoms with Gasteiger partial charge in [0.15, 0.2) is 11.2 Å². The van der Waals surface area contributed by atoms with Gasteiger partial charge in [0.1, 0.15) is 11.6 Å². The summed E-state index contributed by atoms with van der Waals surface area (Å²) in [6.07, 6.45) is 0.226. The maximum atomic E-state index is 12.2. The molecule has 2 aromatic carbocycles. The van der Waals surface area contributed by atoms with Crippen molar-refractivity contribution in [2.24, 2.45) is 0 Å². The van der Waals surface area contributed by atoms with Crippen LogP contribution in [0.2, 0.25) is 0 Å². The van der Waals surface area contributed by atoms with Gasteiger partial charge in [-0.05, 0) is 35.7 Å². The predicted molar refractivity (Wildman–Crippen MR) is 110 cm³/mol. The third-order valence-corrected chi connectivity index (χ3v) is 4.60. The van der Waals surface area contributed by atoms with E-state index in [0.717, 1.165) is 16.7 Å². The van der Waals surface area contributed by atoms with Crippen LogP contribution in [-0.4, -0.2) is 45.1 Å². The van der Waals surface area contributed by atoms with Gasteiger partial charge in [0.2, 0.25) is 0 Å². The topological polar surface area (TPSA) is 123 Å². The highest BCUT2D eigenvalue weighted by atomic mass is 16.5. The molecule has 9 heteroatoms. The number of esters is 1. The molecule has 0 amide bonds. The van der Waals surface area contributed by atoms with Gasteiger partial charge in [0, 0.05) is 0 Å². The number of hydrogen-bond acceptors (Lipinski definition) is 7. The molecule has 2 heterocycles. The molecule has 9 nitrogen and oxygen atoms in total. The van der Waals surface area contributed by atoms with Crippen molar-refractivity contribution >= 4 is 17.1 Å². The van der Waals surface area contributed by atoms with Crippen LogP contribution in [0.1, 0.15) is 12.5 Å². The average molecular weight is 405 g/mol. The second-order valence-corrected chi connectivity index (χ2v) is 6.52. The largest absolute Gasteiger partial charge is 0.493 e. The van der Waals surface area contributed by atoms with Gasteiger partial charge in [-0.25, -0.2) is 10.1 Å². The Morgan fingerprint density at radius 2 is 1.87 bits per heavy atom. The maximum absolute atomic E-state index is 12.2. The summed E-state index contributed by atoms with van der Waals surface area (Å²) in [4.78, 5) is 30.8. The lowest BCUT2D eigenvalue weighted by atomic mass is 10.0. The maximum Gasteiger partial charge on any atom is 0.309 e. The number of rotatable bonds is 6. The van der Waals surface area contributed by atoms with E-state index in [2.05, 4.69) is 25.4 Å². The van der Waals surface area contributed by atoms with E-state index in [-0.39, 0.29) is 23.5 Å². The minimum atomic E-state index is -0.378. The lowest BCUT2D eigenvalue weighted by Crippen LogP contribution is -2.10. The number of benzene rings is 2. The lowest BCUT2D eigenvalue weighted by molar-refractivity contribution is -0.139. The monoisotopic (exact) mass is 405 g/mol. The van der Waals surface area contributed by atoms with Crippen LogP contribution in [0.5, 0.6) is 5.75 Å². The number of carbonyl (C=O) groups is 1. The molecule has 0 spiro atoms. The zero-order chi connectivity index (χ0) is 21.1.